The second kappa shape index (κ2) is 28.0. The Balaban J connectivity index is 1.04. The zero-order valence-electron chi connectivity index (χ0n) is 48.0. The molecule has 8 N–H and O–H groups in total. The summed E-state index contributed by atoms with van der Waals surface area (Å²) in [6.45, 7) is 4.07. The van der Waals surface area contributed by atoms with Crippen molar-refractivity contribution in [1.82, 2.24) is 61.5 Å². The predicted octanol–water partition coefficient (Wildman–Crippen LogP) is 7.98. The number of rotatable bonds is 13. The van der Waals surface area contributed by atoms with Crippen molar-refractivity contribution in [1.29, 1.82) is 0 Å². The molecule has 0 radical (unpaired) electrons. The number of fused-ring (bicyclic) bond motifs is 14. The van der Waals surface area contributed by atoms with Crippen LogP contribution >= 0.6 is 68.0 Å². The van der Waals surface area contributed by atoms with Crippen LogP contribution < -0.4 is 31.5 Å². The molecule has 1 unspecified atom stereocenters. The molecule has 10 rings (SSSR count). The maximum atomic E-state index is 14.4. The summed E-state index contributed by atoms with van der Waals surface area (Å²) in [7, 11) is 2.91. The number of carbonyl (C=O) groups is 8. The van der Waals surface area contributed by atoms with Crippen molar-refractivity contribution in [3.05, 3.63) is 111 Å². The standard InChI is InChI=1S/C57H57N13O13S6/c1-25(2)41-55-69-44(36(89-55)20-82-5)48(77)59-18-39(72)66-45(46(75)27-9-7-6-8-10-27)54-64-35(23-86-54)52-62-33(21-85-52)43-30(50-63-34(22-84-50)47(76)61-32(17-38(71)58-4)53-68-42(26(3)88-53)49(78)67-41)15-16-31(60-43)51-65-37(24-87-51)70(19-40(73)74)57(81)83-29-13-11-28(12-14-29)56(79)80/h6-10,15-16,21-25,28-29,32,41,45-46,75H,11-14,17-20H2,1-5H3,(H,58,71)(H,59,77)(H,61,76)(H,66,72)(H,67,78)(H,73,74)(H,79,80)/t28?,29?,32-,41?,45-,46-/m0/s1. The quantitative estimate of drug-likeness (QED) is 0.0542. The van der Waals surface area contributed by atoms with Crippen LogP contribution in [0.2, 0.25) is 0 Å². The van der Waals surface area contributed by atoms with Crippen LogP contribution in [0.4, 0.5) is 10.6 Å². The summed E-state index contributed by atoms with van der Waals surface area (Å²) in [5, 5.41) is 53.7. The van der Waals surface area contributed by atoms with Gasteiger partial charge in [0.2, 0.25) is 11.8 Å². The number of methoxy groups -OCH3 is 1. The maximum absolute atomic E-state index is 14.4. The van der Waals surface area contributed by atoms with Gasteiger partial charge in [0.25, 0.3) is 17.7 Å². The zero-order chi connectivity index (χ0) is 63.2. The van der Waals surface area contributed by atoms with Crippen LogP contribution in [0.3, 0.4) is 0 Å². The number of amides is 6. The van der Waals surface area contributed by atoms with E-state index in [-0.39, 0.29) is 76.1 Å². The number of aromatic nitrogens is 7. The minimum absolute atomic E-state index is 0.0173. The molecule has 4 atom stereocenters. The maximum Gasteiger partial charge on any atom is 0.416 e. The van der Waals surface area contributed by atoms with E-state index in [4.69, 9.17) is 29.4 Å². The fourth-order valence-corrected chi connectivity index (χ4v) is 15.3. The number of nitrogens with one attached hydrogen (secondary N) is 5. The lowest BCUT2D eigenvalue weighted by atomic mass is 9.87. The minimum atomic E-state index is -1.34. The molecule has 7 aromatic heterocycles. The third-order valence-corrected chi connectivity index (χ3v) is 20.0. The van der Waals surface area contributed by atoms with Gasteiger partial charge in [-0.05, 0) is 56.2 Å². The molecule has 26 nitrogen and oxygen atoms in total. The van der Waals surface area contributed by atoms with Gasteiger partial charge in [0, 0.05) is 46.1 Å². The molecule has 1 aliphatic heterocycles. The Labute approximate surface area is 531 Å². The van der Waals surface area contributed by atoms with E-state index < -0.39 is 96.9 Å². The molecule has 8 heterocycles. The van der Waals surface area contributed by atoms with E-state index >= 15 is 0 Å². The van der Waals surface area contributed by atoms with Gasteiger partial charge in [0.1, 0.15) is 94.8 Å². The summed E-state index contributed by atoms with van der Waals surface area (Å²) >= 11 is 6.81. The van der Waals surface area contributed by atoms with Crippen molar-refractivity contribution in [3.63, 3.8) is 0 Å². The number of aliphatic hydroxyl groups excluding tert-OH is 1. The lowest BCUT2D eigenvalue weighted by Gasteiger charge is -2.28. The summed E-state index contributed by atoms with van der Waals surface area (Å²) < 4.78 is 11.1. The monoisotopic (exact) mass is 1320 g/mol. The lowest BCUT2D eigenvalue weighted by Crippen LogP contribution is -2.40. The Kier molecular flexibility index (Phi) is 20.0. The highest BCUT2D eigenvalue weighted by Gasteiger charge is 2.35. The third kappa shape index (κ3) is 14.7. The number of hydrogen-bond donors (Lipinski definition) is 8. The number of pyridine rings is 1. The molecule has 6 amide bonds. The average Bonchev–Trinajstić information content (AvgIpc) is 2.72. The van der Waals surface area contributed by atoms with Gasteiger partial charge in [-0.1, -0.05) is 44.2 Å². The lowest BCUT2D eigenvalue weighted by molar-refractivity contribution is -0.143. The average molecular weight is 1320 g/mol. The molecule has 1 aliphatic carbocycles. The summed E-state index contributed by atoms with van der Waals surface area (Å²) in [6.07, 6.45) is -2.01. The molecular weight excluding hydrogens is 1270 g/mol. The smallest absolute Gasteiger partial charge is 0.416 e. The number of ether oxygens (including phenoxy) is 2. The van der Waals surface area contributed by atoms with Crippen LogP contribution in [0, 0.1) is 18.8 Å². The van der Waals surface area contributed by atoms with Gasteiger partial charge >= 0.3 is 18.0 Å². The number of benzene rings is 1. The van der Waals surface area contributed by atoms with Crippen LogP contribution in [0.5, 0.6) is 0 Å². The Morgan fingerprint density at radius 1 is 0.697 bits per heavy atom. The van der Waals surface area contributed by atoms with Crippen LogP contribution in [-0.4, -0.2) is 131 Å². The van der Waals surface area contributed by atoms with E-state index in [1.165, 1.54) is 36.3 Å². The first-order chi connectivity index (χ1) is 42.7. The SMILES string of the molecule is CNC(=O)C[C@@H]1NC(=O)c2csc(n2)-c2ccc(-c3nc(N(CC(=O)O)C(=O)OC4CCC(C(=O)O)CC4)cs3)nc2-c2csc(n2)-c2csc(n2)[C@H]([C@@H](O)c2ccccc2)NC(=O)CNC(=O)c2nc(sc2COC)C(C(C)C)NC(=O)c2nc1sc2C. The van der Waals surface area contributed by atoms with Crippen LogP contribution in [0.15, 0.2) is 64.0 Å². The topological polar surface area (TPSA) is 369 Å². The molecule has 8 aromatic rings. The van der Waals surface area contributed by atoms with Crippen molar-refractivity contribution < 1.29 is 63.1 Å². The molecule has 464 valence electrons. The zero-order valence-corrected chi connectivity index (χ0v) is 52.9. The molecule has 0 saturated heterocycles. The summed E-state index contributed by atoms with van der Waals surface area (Å²) in [4.78, 5) is 143. The molecule has 32 heteroatoms. The fourth-order valence-electron chi connectivity index (χ4n) is 9.71. The van der Waals surface area contributed by atoms with Crippen LogP contribution in [-0.2, 0) is 35.3 Å². The Bertz CT molecular complexity index is 3960. The normalized spacial score (nSPS) is 18.6. The Morgan fingerprint density at radius 2 is 1.39 bits per heavy atom. The van der Waals surface area contributed by atoms with E-state index in [0.29, 0.717) is 65.1 Å². The van der Waals surface area contributed by atoms with Crippen molar-refractivity contribution in [2.75, 3.05) is 32.1 Å². The van der Waals surface area contributed by atoms with Crippen molar-refractivity contribution in [3.8, 4) is 43.4 Å². The predicted molar refractivity (Wildman–Crippen MR) is 332 cm³/mol. The first-order valence-electron chi connectivity index (χ1n) is 27.6. The number of hydrogen-bond acceptors (Lipinski definition) is 24. The highest BCUT2D eigenvalue weighted by molar-refractivity contribution is 7.15. The minimum Gasteiger partial charge on any atom is -0.481 e. The number of carboxylic acids is 2. The fraction of sp³-hybridized carbons (Fsp3) is 0.351. The van der Waals surface area contributed by atoms with Gasteiger partial charge in [0.05, 0.1) is 48.1 Å². The summed E-state index contributed by atoms with van der Waals surface area (Å²) in [6, 6.07) is 9.10. The van der Waals surface area contributed by atoms with Crippen molar-refractivity contribution in [2.45, 2.75) is 89.8 Å². The van der Waals surface area contributed by atoms with E-state index in [1.54, 1.807) is 60.1 Å². The van der Waals surface area contributed by atoms with E-state index in [1.807, 2.05) is 13.8 Å². The highest BCUT2D eigenvalue weighted by Crippen LogP contribution is 2.41. The third-order valence-electron chi connectivity index (χ3n) is 14.3. The van der Waals surface area contributed by atoms with Gasteiger partial charge in [-0.2, -0.15) is 0 Å². The number of thiazole rings is 6. The number of carbonyl (C=O) groups excluding carboxylic acids is 6. The van der Waals surface area contributed by atoms with Gasteiger partial charge in [-0.25, -0.2) is 44.6 Å². The van der Waals surface area contributed by atoms with Gasteiger partial charge in [0.15, 0.2) is 0 Å². The number of nitrogens with zero attached hydrogens (tertiary/aromatic N) is 8. The molecule has 10 bridgehead atoms. The number of anilines is 1. The number of aliphatic hydroxyl groups is 1. The van der Waals surface area contributed by atoms with Crippen molar-refractivity contribution >= 4 is 121 Å². The van der Waals surface area contributed by atoms with E-state index in [9.17, 15) is 53.7 Å². The van der Waals surface area contributed by atoms with Gasteiger partial charge in [-0.15, -0.1) is 68.0 Å². The first kappa shape index (κ1) is 63.6. The Morgan fingerprint density at radius 3 is 2.11 bits per heavy atom. The Hall–Kier alpha value is -8.37. The number of carboxylic acid groups (broad SMARTS) is 2. The van der Waals surface area contributed by atoms with Gasteiger partial charge in [-0.3, -0.25) is 33.6 Å². The summed E-state index contributed by atoms with van der Waals surface area (Å²) in [5.41, 5.74) is 2.10. The molecule has 1 aromatic carbocycles. The van der Waals surface area contributed by atoms with Gasteiger partial charge < -0.3 is 51.4 Å². The molecular formula is C57H57N13O13S6. The van der Waals surface area contributed by atoms with Crippen molar-refractivity contribution in [2.24, 2.45) is 11.8 Å². The van der Waals surface area contributed by atoms with Crippen LogP contribution in [0.1, 0.15) is 132 Å². The van der Waals surface area contributed by atoms with E-state index in [0.717, 1.165) is 61.6 Å². The van der Waals surface area contributed by atoms with Crippen LogP contribution in [0.25, 0.3) is 43.4 Å². The summed E-state index contributed by atoms with van der Waals surface area (Å²) in [5.74, 6) is -6.18. The number of aryl methyl sites for hydroxylation is 1. The second-order valence-corrected chi connectivity index (χ2v) is 26.6. The largest absolute Gasteiger partial charge is 0.481 e. The molecule has 1 fully saturated rings. The first-order valence-corrected chi connectivity index (χ1v) is 32.8. The molecule has 2 aliphatic rings. The molecule has 1 saturated carbocycles. The number of aliphatic carboxylic acids is 2. The van der Waals surface area contributed by atoms with E-state index in [2.05, 4.69) is 41.5 Å². The molecule has 89 heavy (non-hydrogen) atoms. The second-order valence-electron chi connectivity index (χ2n) is 20.8. The molecule has 0 spiro atoms. The highest BCUT2D eigenvalue weighted by atomic mass is 32.1.